The van der Waals surface area contributed by atoms with Crippen molar-refractivity contribution in [2.75, 3.05) is 11.9 Å². The Bertz CT molecular complexity index is 617. The van der Waals surface area contributed by atoms with Crippen LogP contribution >= 0.6 is 23.2 Å². The number of rotatable bonds is 3. The maximum absolute atomic E-state index is 11.0. The van der Waals surface area contributed by atoms with Gasteiger partial charge < -0.3 is 10.0 Å². The first-order valence-electron chi connectivity index (χ1n) is 5.23. The summed E-state index contributed by atoms with van der Waals surface area (Å²) in [5.41, 5.74) is 0.673. The van der Waals surface area contributed by atoms with Crippen molar-refractivity contribution in [2.24, 2.45) is 0 Å². The summed E-state index contributed by atoms with van der Waals surface area (Å²) in [5.74, 6) is -0.537. The van der Waals surface area contributed by atoms with Crippen molar-refractivity contribution in [3.8, 4) is 0 Å². The number of carboxylic acid groups (broad SMARTS) is 1. The van der Waals surface area contributed by atoms with E-state index in [1.54, 1.807) is 18.0 Å². The first-order chi connectivity index (χ1) is 8.99. The summed E-state index contributed by atoms with van der Waals surface area (Å²) in [5, 5.41) is 9.51. The second-order valence-corrected chi connectivity index (χ2v) is 4.52. The van der Waals surface area contributed by atoms with Gasteiger partial charge in [-0.15, -0.1) is 0 Å². The highest BCUT2D eigenvalue weighted by Gasteiger charge is 2.13. The van der Waals surface area contributed by atoms with Gasteiger partial charge in [-0.2, -0.15) is 0 Å². The molecule has 1 heterocycles. The molecule has 1 aromatic carbocycles. The van der Waals surface area contributed by atoms with Crippen LogP contribution in [0.2, 0.25) is 10.2 Å². The number of benzene rings is 1. The maximum Gasteiger partial charge on any atom is 0.337 e. The Hall–Kier alpha value is -1.85. The van der Waals surface area contributed by atoms with Gasteiger partial charge in [0, 0.05) is 12.7 Å². The lowest BCUT2D eigenvalue weighted by molar-refractivity contribution is 0.0697. The van der Waals surface area contributed by atoms with Crippen molar-refractivity contribution in [3.05, 3.63) is 46.3 Å². The normalized spacial score (nSPS) is 10.3. The number of halogens is 2. The molecule has 0 aliphatic carbocycles. The van der Waals surface area contributed by atoms with E-state index in [9.17, 15) is 4.79 Å². The molecule has 1 aromatic heterocycles. The van der Waals surface area contributed by atoms with Crippen LogP contribution in [0.3, 0.4) is 0 Å². The van der Waals surface area contributed by atoms with Gasteiger partial charge in [-0.05, 0) is 18.2 Å². The topological polar surface area (TPSA) is 66.3 Å². The molecule has 0 atom stereocenters. The van der Waals surface area contributed by atoms with Gasteiger partial charge in [-0.1, -0.05) is 23.2 Å². The number of aromatic nitrogens is 2. The molecule has 2 aromatic rings. The molecule has 0 fully saturated rings. The van der Waals surface area contributed by atoms with Crippen LogP contribution in [0.25, 0.3) is 0 Å². The molecule has 0 radical (unpaired) electrons. The Morgan fingerprint density at radius 2 is 2.00 bits per heavy atom. The SMILES string of the molecule is CN(c1ccc(Cl)c(C(=O)O)c1)c1cnc(Cl)cn1. The number of carboxylic acids is 1. The molecule has 5 nitrogen and oxygen atoms in total. The Balaban J connectivity index is 2.38. The van der Waals surface area contributed by atoms with Gasteiger partial charge in [0.1, 0.15) is 5.15 Å². The van der Waals surface area contributed by atoms with Crippen LogP contribution in [0.5, 0.6) is 0 Å². The van der Waals surface area contributed by atoms with E-state index in [-0.39, 0.29) is 10.6 Å². The molecule has 0 saturated carbocycles. The van der Waals surface area contributed by atoms with E-state index in [0.717, 1.165) is 0 Å². The monoisotopic (exact) mass is 297 g/mol. The number of anilines is 2. The van der Waals surface area contributed by atoms with Crippen molar-refractivity contribution < 1.29 is 9.90 Å². The molecule has 0 saturated heterocycles. The van der Waals surface area contributed by atoms with E-state index in [1.807, 2.05) is 0 Å². The standard InChI is InChI=1S/C12H9Cl2N3O2/c1-17(11-6-15-10(14)5-16-11)7-2-3-9(13)8(4-7)12(18)19/h2-6H,1H3,(H,18,19). The molecule has 7 heteroatoms. The number of aromatic carboxylic acids is 1. The van der Waals surface area contributed by atoms with Crippen LogP contribution in [0.15, 0.2) is 30.6 Å². The molecule has 0 bridgehead atoms. The number of hydrogen-bond acceptors (Lipinski definition) is 4. The first kappa shape index (κ1) is 13.6. The Morgan fingerprint density at radius 1 is 1.26 bits per heavy atom. The van der Waals surface area contributed by atoms with Crippen molar-refractivity contribution in [1.29, 1.82) is 0 Å². The van der Waals surface area contributed by atoms with Crippen molar-refractivity contribution in [1.82, 2.24) is 9.97 Å². The fraction of sp³-hybridized carbons (Fsp3) is 0.0833. The van der Waals surface area contributed by atoms with Crippen LogP contribution in [-0.2, 0) is 0 Å². The van der Waals surface area contributed by atoms with Crippen LogP contribution in [-0.4, -0.2) is 28.1 Å². The van der Waals surface area contributed by atoms with Crippen LogP contribution in [0.4, 0.5) is 11.5 Å². The maximum atomic E-state index is 11.0. The van der Waals surface area contributed by atoms with E-state index in [0.29, 0.717) is 16.7 Å². The van der Waals surface area contributed by atoms with E-state index < -0.39 is 5.97 Å². The summed E-state index contributed by atoms with van der Waals surface area (Å²) in [6.07, 6.45) is 2.92. The second kappa shape index (κ2) is 5.42. The summed E-state index contributed by atoms with van der Waals surface area (Å²) in [6.45, 7) is 0. The van der Waals surface area contributed by atoms with Crippen molar-refractivity contribution >= 4 is 40.7 Å². The van der Waals surface area contributed by atoms with Gasteiger partial charge in [0.05, 0.1) is 23.0 Å². The lowest BCUT2D eigenvalue weighted by Crippen LogP contribution is -2.12. The van der Waals surface area contributed by atoms with Crippen molar-refractivity contribution in [2.45, 2.75) is 0 Å². The third-order valence-corrected chi connectivity index (χ3v) is 3.04. The van der Waals surface area contributed by atoms with Crippen LogP contribution in [0.1, 0.15) is 10.4 Å². The highest BCUT2D eigenvalue weighted by atomic mass is 35.5. The van der Waals surface area contributed by atoms with Crippen molar-refractivity contribution in [3.63, 3.8) is 0 Å². The molecule has 19 heavy (non-hydrogen) atoms. The predicted molar refractivity (Wildman–Crippen MR) is 73.5 cm³/mol. The summed E-state index contributed by atoms with van der Waals surface area (Å²) >= 11 is 11.5. The summed E-state index contributed by atoms with van der Waals surface area (Å²) in [7, 11) is 1.74. The minimum atomic E-state index is -1.08. The fourth-order valence-corrected chi connectivity index (χ4v) is 1.79. The molecule has 0 aliphatic heterocycles. The quantitative estimate of drug-likeness (QED) is 0.942. The zero-order chi connectivity index (χ0) is 14.0. The number of hydrogen-bond donors (Lipinski definition) is 1. The zero-order valence-electron chi connectivity index (χ0n) is 9.84. The minimum absolute atomic E-state index is 0.0351. The van der Waals surface area contributed by atoms with E-state index in [2.05, 4.69) is 9.97 Å². The largest absolute Gasteiger partial charge is 0.478 e. The molecule has 0 unspecified atom stereocenters. The molecule has 0 aliphatic rings. The van der Waals surface area contributed by atoms with Crippen LogP contribution in [0, 0.1) is 0 Å². The molecule has 2 rings (SSSR count). The average Bonchev–Trinajstić information content (AvgIpc) is 2.39. The molecule has 98 valence electrons. The van der Waals surface area contributed by atoms with Gasteiger partial charge in [0.2, 0.25) is 0 Å². The molecule has 0 spiro atoms. The third-order valence-electron chi connectivity index (χ3n) is 2.52. The van der Waals surface area contributed by atoms with Gasteiger partial charge >= 0.3 is 5.97 Å². The molecular formula is C12H9Cl2N3O2. The van der Waals surface area contributed by atoms with Gasteiger partial charge in [0.15, 0.2) is 5.82 Å². The summed E-state index contributed by atoms with van der Waals surface area (Å²) in [4.78, 5) is 20.7. The number of nitrogens with zero attached hydrogens (tertiary/aromatic N) is 3. The molecule has 1 N–H and O–H groups in total. The van der Waals surface area contributed by atoms with Gasteiger partial charge in [0.25, 0.3) is 0 Å². The smallest absolute Gasteiger partial charge is 0.337 e. The minimum Gasteiger partial charge on any atom is -0.478 e. The lowest BCUT2D eigenvalue weighted by atomic mass is 10.2. The third kappa shape index (κ3) is 2.94. The Labute approximate surface area is 119 Å². The highest BCUT2D eigenvalue weighted by molar-refractivity contribution is 6.33. The lowest BCUT2D eigenvalue weighted by Gasteiger charge is -2.18. The van der Waals surface area contributed by atoms with E-state index in [4.69, 9.17) is 28.3 Å². The average molecular weight is 298 g/mol. The highest BCUT2D eigenvalue weighted by Crippen LogP contribution is 2.26. The summed E-state index contributed by atoms with van der Waals surface area (Å²) < 4.78 is 0. The Kier molecular flexibility index (Phi) is 3.87. The zero-order valence-corrected chi connectivity index (χ0v) is 11.4. The fourth-order valence-electron chi connectivity index (χ4n) is 1.50. The molecular weight excluding hydrogens is 289 g/mol. The summed E-state index contributed by atoms with van der Waals surface area (Å²) in [6, 6.07) is 4.70. The van der Waals surface area contributed by atoms with E-state index >= 15 is 0 Å². The Morgan fingerprint density at radius 3 is 2.58 bits per heavy atom. The molecule has 0 amide bonds. The van der Waals surface area contributed by atoms with E-state index in [1.165, 1.54) is 24.5 Å². The van der Waals surface area contributed by atoms with Gasteiger partial charge in [-0.3, -0.25) is 0 Å². The van der Waals surface area contributed by atoms with Gasteiger partial charge in [-0.25, -0.2) is 14.8 Å². The predicted octanol–water partition coefficient (Wildman–Crippen LogP) is 3.25. The van der Waals surface area contributed by atoms with Crippen LogP contribution < -0.4 is 4.90 Å². The second-order valence-electron chi connectivity index (χ2n) is 3.73. The first-order valence-corrected chi connectivity index (χ1v) is 5.99. The number of carbonyl (C=O) groups is 1.